The second-order valence-corrected chi connectivity index (χ2v) is 6.57. The van der Waals surface area contributed by atoms with Gasteiger partial charge in [0.25, 0.3) is 0 Å². The molecule has 1 aromatic heterocycles. The maximum absolute atomic E-state index is 2.48. The van der Waals surface area contributed by atoms with E-state index in [0.717, 1.165) is 0 Å². The topological polar surface area (TPSA) is 0 Å². The third kappa shape index (κ3) is 2.47. The predicted octanol–water partition coefficient (Wildman–Crippen LogP) is 5.65. The summed E-state index contributed by atoms with van der Waals surface area (Å²) in [4.78, 5) is 0. The molecule has 2 aromatic rings. The van der Waals surface area contributed by atoms with Crippen LogP contribution in [0.15, 0.2) is 17.5 Å². The van der Waals surface area contributed by atoms with Crippen molar-refractivity contribution < 1.29 is 0 Å². The lowest BCUT2D eigenvalue weighted by atomic mass is 9.93. The van der Waals surface area contributed by atoms with Gasteiger partial charge in [-0.1, -0.05) is 25.7 Å². The fraction of sp³-hybridized carbons (Fsp3) is 0.529. The van der Waals surface area contributed by atoms with E-state index in [4.69, 9.17) is 0 Å². The minimum atomic E-state index is 1.29. The molecule has 0 fully saturated rings. The number of fused-ring (bicyclic) bond motifs is 2. The van der Waals surface area contributed by atoms with E-state index in [-0.39, 0.29) is 0 Å². The lowest BCUT2D eigenvalue weighted by Crippen LogP contribution is -1.98. The van der Waals surface area contributed by atoms with Crippen LogP contribution in [0.4, 0.5) is 0 Å². The maximum Gasteiger partial charge on any atom is 0.0348 e. The first-order chi connectivity index (χ1) is 8.84. The summed E-state index contributed by atoms with van der Waals surface area (Å²) < 4.78 is 1.49. The second kappa shape index (κ2) is 5.44. The van der Waals surface area contributed by atoms with Crippen molar-refractivity contribution >= 4 is 21.4 Å². The normalized spacial score (nSPS) is 17.6. The van der Waals surface area contributed by atoms with Crippen LogP contribution in [-0.2, 0) is 12.8 Å². The van der Waals surface area contributed by atoms with Gasteiger partial charge in [-0.2, -0.15) is 0 Å². The number of hydrogen-bond acceptors (Lipinski definition) is 1. The second-order valence-electron chi connectivity index (χ2n) is 5.66. The number of rotatable bonds is 0. The standard InChI is InChI=1S/C17H22S/c1-13-12-18-17-11-15-9-7-5-3-2-4-6-8-14(15)10-16(13)17/h10-12H,2-9H2,1H3. The molecule has 0 amide bonds. The first-order valence-electron chi connectivity index (χ1n) is 7.34. The molecule has 0 nitrogen and oxygen atoms in total. The van der Waals surface area contributed by atoms with Gasteiger partial charge >= 0.3 is 0 Å². The van der Waals surface area contributed by atoms with Crippen LogP contribution >= 0.6 is 11.3 Å². The Hall–Kier alpha value is -0.820. The summed E-state index contributed by atoms with van der Waals surface area (Å²) in [6.45, 7) is 2.24. The molecule has 0 saturated heterocycles. The Morgan fingerprint density at radius 2 is 1.44 bits per heavy atom. The maximum atomic E-state index is 2.48. The fourth-order valence-corrected chi connectivity index (χ4v) is 4.08. The summed E-state index contributed by atoms with van der Waals surface area (Å²) in [5.41, 5.74) is 4.71. The summed E-state index contributed by atoms with van der Waals surface area (Å²) in [5.74, 6) is 0. The Morgan fingerprint density at radius 1 is 0.833 bits per heavy atom. The third-order valence-electron chi connectivity index (χ3n) is 4.23. The highest BCUT2D eigenvalue weighted by molar-refractivity contribution is 7.17. The molecule has 0 aliphatic heterocycles. The van der Waals surface area contributed by atoms with E-state index in [1.165, 1.54) is 67.0 Å². The van der Waals surface area contributed by atoms with Crippen molar-refractivity contribution in [3.8, 4) is 0 Å². The van der Waals surface area contributed by atoms with Gasteiger partial charge in [-0.15, -0.1) is 11.3 Å². The summed E-state index contributed by atoms with van der Waals surface area (Å²) in [7, 11) is 0. The monoisotopic (exact) mass is 258 g/mol. The van der Waals surface area contributed by atoms with Gasteiger partial charge in [0.05, 0.1) is 0 Å². The molecule has 0 spiro atoms. The Kier molecular flexibility index (Phi) is 3.69. The summed E-state index contributed by atoms with van der Waals surface area (Å²) in [6, 6.07) is 4.96. The smallest absolute Gasteiger partial charge is 0.0348 e. The predicted molar refractivity (Wildman–Crippen MR) is 81.7 cm³/mol. The van der Waals surface area contributed by atoms with Crippen molar-refractivity contribution in [1.82, 2.24) is 0 Å². The minimum Gasteiger partial charge on any atom is -0.144 e. The van der Waals surface area contributed by atoms with Crippen LogP contribution in [0.1, 0.15) is 55.2 Å². The number of thiophene rings is 1. The van der Waals surface area contributed by atoms with Gasteiger partial charge in [0.15, 0.2) is 0 Å². The van der Waals surface area contributed by atoms with Crippen LogP contribution in [0, 0.1) is 6.92 Å². The molecule has 3 rings (SSSR count). The summed E-state index contributed by atoms with van der Waals surface area (Å²) >= 11 is 1.91. The lowest BCUT2D eigenvalue weighted by molar-refractivity contribution is 0.581. The zero-order valence-corrected chi connectivity index (χ0v) is 12.1. The number of benzene rings is 1. The van der Waals surface area contributed by atoms with Gasteiger partial charge in [0.1, 0.15) is 0 Å². The molecule has 1 heterocycles. The van der Waals surface area contributed by atoms with Crippen molar-refractivity contribution in [3.63, 3.8) is 0 Å². The zero-order chi connectivity index (χ0) is 12.4. The van der Waals surface area contributed by atoms with E-state index in [1.54, 1.807) is 11.1 Å². The highest BCUT2D eigenvalue weighted by atomic mass is 32.1. The number of aryl methyl sites for hydroxylation is 3. The van der Waals surface area contributed by atoms with E-state index in [9.17, 15) is 0 Å². The van der Waals surface area contributed by atoms with Crippen molar-refractivity contribution in [2.45, 2.75) is 58.3 Å². The van der Waals surface area contributed by atoms with Crippen LogP contribution < -0.4 is 0 Å². The van der Waals surface area contributed by atoms with E-state index >= 15 is 0 Å². The Labute approximate surface area is 114 Å². The van der Waals surface area contributed by atoms with Crippen molar-refractivity contribution in [2.75, 3.05) is 0 Å². The average Bonchev–Trinajstić information content (AvgIpc) is 2.74. The van der Waals surface area contributed by atoms with Gasteiger partial charge in [-0.3, -0.25) is 0 Å². The third-order valence-corrected chi connectivity index (χ3v) is 5.29. The van der Waals surface area contributed by atoms with Gasteiger partial charge in [0, 0.05) is 4.70 Å². The van der Waals surface area contributed by atoms with Crippen molar-refractivity contribution in [3.05, 3.63) is 34.2 Å². The van der Waals surface area contributed by atoms with E-state index < -0.39 is 0 Å². The Bertz CT molecular complexity index is 536. The molecule has 96 valence electrons. The van der Waals surface area contributed by atoms with Crippen LogP contribution in [0.5, 0.6) is 0 Å². The molecule has 1 aliphatic rings. The van der Waals surface area contributed by atoms with Gasteiger partial charge in [-0.05, 0) is 72.2 Å². The average molecular weight is 258 g/mol. The largest absolute Gasteiger partial charge is 0.144 e. The van der Waals surface area contributed by atoms with E-state index in [1.807, 2.05) is 11.3 Å². The molecule has 1 aliphatic carbocycles. The Balaban J connectivity index is 2.00. The highest BCUT2D eigenvalue weighted by Gasteiger charge is 2.09. The summed E-state index contributed by atoms with van der Waals surface area (Å²) in [6.07, 6.45) is 11.1. The van der Waals surface area contributed by atoms with Gasteiger partial charge in [-0.25, -0.2) is 0 Å². The minimum absolute atomic E-state index is 1.29. The molecule has 1 heteroatoms. The molecule has 0 bridgehead atoms. The first-order valence-corrected chi connectivity index (χ1v) is 8.22. The van der Waals surface area contributed by atoms with Crippen LogP contribution in [0.3, 0.4) is 0 Å². The highest BCUT2D eigenvalue weighted by Crippen LogP contribution is 2.30. The molecule has 0 radical (unpaired) electrons. The molecule has 1 aromatic carbocycles. The van der Waals surface area contributed by atoms with Crippen LogP contribution in [-0.4, -0.2) is 0 Å². The fourth-order valence-electron chi connectivity index (χ4n) is 3.09. The van der Waals surface area contributed by atoms with Gasteiger partial charge in [0.2, 0.25) is 0 Å². The van der Waals surface area contributed by atoms with Gasteiger partial charge < -0.3 is 0 Å². The van der Waals surface area contributed by atoms with Crippen molar-refractivity contribution in [2.24, 2.45) is 0 Å². The number of hydrogen-bond donors (Lipinski definition) is 0. The molecular weight excluding hydrogens is 236 g/mol. The zero-order valence-electron chi connectivity index (χ0n) is 11.3. The molecule has 0 saturated carbocycles. The molecule has 0 atom stereocenters. The molecular formula is C17H22S. The van der Waals surface area contributed by atoms with Crippen molar-refractivity contribution in [1.29, 1.82) is 0 Å². The van der Waals surface area contributed by atoms with Crippen LogP contribution in [0.2, 0.25) is 0 Å². The molecule has 18 heavy (non-hydrogen) atoms. The Morgan fingerprint density at radius 3 is 2.17 bits per heavy atom. The SMILES string of the molecule is Cc1csc2cc3c(cc12)CCCCCCCC3. The summed E-state index contributed by atoms with van der Waals surface area (Å²) in [5, 5.41) is 3.80. The lowest BCUT2D eigenvalue weighted by Gasteiger charge is -2.13. The van der Waals surface area contributed by atoms with E-state index in [0.29, 0.717) is 0 Å². The molecule has 0 unspecified atom stereocenters. The first kappa shape index (κ1) is 12.2. The quantitative estimate of drug-likeness (QED) is 0.573. The molecule has 0 N–H and O–H groups in total. The van der Waals surface area contributed by atoms with Crippen LogP contribution in [0.25, 0.3) is 10.1 Å². The van der Waals surface area contributed by atoms with E-state index in [2.05, 4.69) is 24.4 Å².